The van der Waals surface area contributed by atoms with E-state index in [0.29, 0.717) is 0 Å². The van der Waals surface area contributed by atoms with Gasteiger partial charge in [-0.2, -0.15) is 0 Å². The summed E-state index contributed by atoms with van der Waals surface area (Å²) in [6.07, 6.45) is 2.86. The number of benzene rings is 5. The number of nitrogens with zero attached hydrogens (tertiary/aromatic N) is 1. The van der Waals surface area contributed by atoms with E-state index >= 15 is 0 Å². The molecule has 0 N–H and O–H groups in total. The first-order chi connectivity index (χ1) is 17.8. The lowest BCUT2D eigenvalue weighted by Gasteiger charge is -2.30. The molecule has 0 radical (unpaired) electrons. The maximum Gasteiger partial charge on any atom is 0.0725 e. The maximum absolute atomic E-state index is 4.65. The summed E-state index contributed by atoms with van der Waals surface area (Å²) in [6.45, 7) is 0. The molecule has 0 unspecified atom stereocenters. The monoisotopic (exact) mass is 455 g/mol. The second kappa shape index (κ2) is 6.38. The Bertz CT molecular complexity index is 1880. The standard InChI is InChI=1S/C35H21N/c1-4-12-30-24(9-1)25-10-2-5-13-31(25)35(30)32-14-6-3-11-26(32)29-19-27-23(18-33(29)35)17-22-16-21-8-7-15-36-34(21)20-28(22)27/h1-16,18-20H,17H2. The quantitative estimate of drug-likeness (QED) is 0.225. The van der Waals surface area contributed by atoms with Gasteiger partial charge in [0.1, 0.15) is 0 Å². The highest BCUT2D eigenvalue weighted by Crippen LogP contribution is 2.63. The summed E-state index contributed by atoms with van der Waals surface area (Å²) in [5.74, 6) is 0. The van der Waals surface area contributed by atoms with E-state index in [1.807, 2.05) is 12.3 Å². The number of hydrogen-bond acceptors (Lipinski definition) is 1. The van der Waals surface area contributed by atoms with Crippen molar-refractivity contribution in [3.8, 4) is 33.4 Å². The molecule has 0 saturated carbocycles. The van der Waals surface area contributed by atoms with Crippen molar-refractivity contribution >= 4 is 10.9 Å². The molecular weight excluding hydrogens is 434 g/mol. The van der Waals surface area contributed by atoms with Crippen molar-refractivity contribution < 1.29 is 0 Å². The van der Waals surface area contributed by atoms with Gasteiger partial charge in [0, 0.05) is 11.6 Å². The van der Waals surface area contributed by atoms with Crippen molar-refractivity contribution in [1.29, 1.82) is 0 Å². The van der Waals surface area contributed by atoms with Gasteiger partial charge < -0.3 is 0 Å². The zero-order valence-corrected chi connectivity index (χ0v) is 19.6. The van der Waals surface area contributed by atoms with Gasteiger partial charge in [0.15, 0.2) is 0 Å². The largest absolute Gasteiger partial charge is 0.256 e. The van der Waals surface area contributed by atoms with E-state index in [9.17, 15) is 0 Å². The minimum absolute atomic E-state index is 0.269. The first-order valence-corrected chi connectivity index (χ1v) is 12.7. The SMILES string of the molecule is c1ccc2c(c1)-c1ccccc1C21c2ccccc2-c2cc3c(cc21)Cc1cc2cccnc2cc1-3. The van der Waals surface area contributed by atoms with Crippen LogP contribution >= 0.6 is 0 Å². The Morgan fingerprint density at radius 2 is 1.06 bits per heavy atom. The molecule has 166 valence electrons. The topological polar surface area (TPSA) is 12.9 Å². The molecule has 6 aromatic rings. The van der Waals surface area contributed by atoms with Crippen LogP contribution in [0.25, 0.3) is 44.3 Å². The van der Waals surface area contributed by atoms with Crippen molar-refractivity contribution in [3.05, 3.63) is 149 Å². The van der Waals surface area contributed by atoms with Gasteiger partial charge in [-0.15, -0.1) is 0 Å². The molecule has 0 aliphatic heterocycles. The van der Waals surface area contributed by atoms with E-state index in [-0.39, 0.29) is 5.41 Å². The Kier molecular flexibility index (Phi) is 3.33. The number of aromatic nitrogens is 1. The lowest BCUT2D eigenvalue weighted by molar-refractivity contribution is 0.792. The Labute approximate surface area is 209 Å². The number of rotatable bonds is 0. The molecule has 0 fully saturated rings. The van der Waals surface area contributed by atoms with E-state index in [1.165, 1.54) is 72.1 Å². The molecule has 0 saturated heterocycles. The fourth-order valence-electron chi connectivity index (χ4n) is 7.35. The molecule has 36 heavy (non-hydrogen) atoms. The Hall–Kier alpha value is -4.49. The van der Waals surface area contributed by atoms with Crippen molar-refractivity contribution in [2.45, 2.75) is 11.8 Å². The van der Waals surface area contributed by atoms with Crippen LogP contribution in [0, 0.1) is 0 Å². The zero-order valence-electron chi connectivity index (χ0n) is 19.6. The van der Waals surface area contributed by atoms with Gasteiger partial charge in [0.05, 0.1) is 10.9 Å². The molecule has 0 bridgehead atoms. The van der Waals surface area contributed by atoms with Gasteiger partial charge in [0.2, 0.25) is 0 Å². The Morgan fingerprint density at radius 1 is 0.472 bits per heavy atom. The molecule has 0 amide bonds. The van der Waals surface area contributed by atoms with E-state index in [4.69, 9.17) is 0 Å². The normalized spacial score (nSPS) is 14.8. The van der Waals surface area contributed by atoms with Crippen molar-refractivity contribution in [2.24, 2.45) is 0 Å². The summed E-state index contributed by atoms with van der Waals surface area (Å²) < 4.78 is 0. The highest BCUT2D eigenvalue weighted by atomic mass is 14.6. The predicted octanol–water partition coefficient (Wildman–Crippen LogP) is 8.15. The second-order valence-electron chi connectivity index (χ2n) is 10.3. The highest BCUT2D eigenvalue weighted by molar-refractivity contribution is 5.98. The average molecular weight is 456 g/mol. The summed E-state index contributed by atoms with van der Waals surface area (Å²) in [5, 5.41) is 1.22. The second-order valence-corrected chi connectivity index (χ2v) is 10.3. The van der Waals surface area contributed by atoms with Gasteiger partial charge in [-0.1, -0.05) is 84.9 Å². The first-order valence-electron chi connectivity index (χ1n) is 12.7. The first kappa shape index (κ1) is 18.8. The fourth-order valence-corrected chi connectivity index (χ4v) is 7.35. The summed E-state index contributed by atoms with van der Waals surface area (Å²) in [6, 6.07) is 40.9. The van der Waals surface area contributed by atoms with Gasteiger partial charge in [-0.25, -0.2) is 0 Å². The molecule has 0 atom stereocenters. The number of fused-ring (bicyclic) bond motifs is 14. The van der Waals surface area contributed by atoms with Gasteiger partial charge in [-0.05, 0) is 97.4 Å². The summed E-state index contributed by atoms with van der Waals surface area (Å²) in [4.78, 5) is 4.65. The average Bonchev–Trinajstić information content (AvgIpc) is 3.54. The molecule has 1 heteroatoms. The smallest absolute Gasteiger partial charge is 0.0725 e. The third-order valence-electron chi connectivity index (χ3n) is 8.72. The van der Waals surface area contributed by atoms with Crippen molar-refractivity contribution in [1.82, 2.24) is 4.98 Å². The van der Waals surface area contributed by atoms with Crippen LogP contribution in [0.3, 0.4) is 0 Å². The van der Waals surface area contributed by atoms with E-state index in [2.05, 4.69) is 108 Å². The van der Waals surface area contributed by atoms with Crippen LogP contribution in [0.4, 0.5) is 0 Å². The third-order valence-corrected chi connectivity index (χ3v) is 8.72. The lowest BCUT2D eigenvalue weighted by Crippen LogP contribution is -2.25. The molecule has 1 heterocycles. The molecular formula is C35H21N. The van der Waals surface area contributed by atoms with Crippen LogP contribution < -0.4 is 0 Å². The van der Waals surface area contributed by atoms with E-state index in [1.54, 1.807) is 0 Å². The molecule has 3 aliphatic carbocycles. The van der Waals surface area contributed by atoms with Crippen molar-refractivity contribution in [3.63, 3.8) is 0 Å². The van der Waals surface area contributed by atoms with Crippen LogP contribution in [-0.2, 0) is 11.8 Å². The van der Waals surface area contributed by atoms with Gasteiger partial charge in [0.25, 0.3) is 0 Å². The molecule has 1 spiro atoms. The van der Waals surface area contributed by atoms with Crippen LogP contribution in [0.5, 0.6) is 0 Å². The summed E-state index contributed by atoms with van der Waals surface area (Å²) in [5.41, 5.74) is 17.4. The summed E-state index contributed by atoms with van der Waals surface area (Å²) in [7, 11) is 0. The van der Waals surface area contributed by atoms with Crippen LogP contribution in [0.15, 0.2) is 115 Å². The maximum atomic E-state index is 4.65. The zero-order chi connectivity index (χ0) is 23.4. The van der Waals surface area contributed by atoms with Crippen LogP contribution in [-0.4, -0.2) is 4.98 Å². The lowest BCUT2D eigenvalue weighted by atomic mass is 9.70. The minimum atomic E-state index is -0.269. The summed E-state index contributed by atoms with van der Waals surface area (Å²) >= 11 is 0. The number of hydrogen-bond donors (Lipinski definition) is 0. The predicted molar refractivity (Wildman–Crippen MR) is 146 cm³/mol. The van der Waals surface area contributed by atoms with Gasteiger partial charge in [-0.3, -0.25) is 4.98 Å². The van der Waals surface area contributed by atoms with E-state index < -0.39 is 0 Å². The van der Waals surface area contributed by atoms with Crippen LogP contribution in [0.1, 0.15) is 33.4 Å². The minimum Gasteiger partial charge on any atom is -0.256 e. The van der Waals surface area contributed by atoms with Crippen LogP contribution in [0.2, 0.25) is 0 Å². The van der Waals surface area contributed by atoms with E-state index in [0.717, 1.165) is 11.9 Å². The molecule has 1 aromatic heterocycles. The van der Waals surface area contributed by atoms with Gasteiger partial charge >= 0.3 is 0 Å². The highest BCUT2D eigenvalue weighted by Gasteiger charge is 2.51. The Balaban J connectivity index is 1.40. The Morgan fingerprint density at radius 3 is 1.75 bits per heavy atom. The number of pyridine rings is 1. The molecule has 5 aromatic carbocycles. The third kappa shape index (κ3) is 2.08. The molecule has 3 aliphatic rings. The van der Waals surface area contributed by atoms with Crippen molar-refractivity contribution in [2.75, 3.05) is 0 Å². The molecule has 9 rings (SSSR count). The molecule has 1 nitrogen and oxygen atoms in total. The fraction of sp³-hybridized carbons (Fsp3) is 0.0571.